The standard InChI is InChI=1S/C15H12Cl3N3O/c1-22-12-3-2-11(16)10-8-21(15(18)14(17)13(10)12)20-9-4-6-19-7-5-9/h2-7H,8H2,1H3,(H,19,20). The van der Waals surface area contributed by atoms with Crippen molar-refractivity contribution in [3.05, 3.63) is 58.0 Å². The highest BCUT2D eigenvalue weighted by atomic mass is 35.5. The first-order valence-electron chi connectivity index (χ1n) is 6.47. The topological polar surface area (TPSA) is 37.4 Å². The third-order valence-corrected chi connectivity index (χ3v) is 4.55. The lowest BCUT2D eigenvalue weighted by atomic mass is 10.0. The molecule has 114 valence electrons. The van der Waals surface area contributed by atoms with Gasteiger partial charge < -0.3 is 4.74 Å². The largest absolute Gasteiger partial charge is 0.496 e. The van der Waals surface area contributed by atoms with Gasteiger partial charge in [-0.25, -0.2) is 0 Å². The molecule has 0 spiro atoms. The molecule has 0 unspecified atom stereocenters. The van der Waals surface area contributed by atoms with Gasteiger partial charge in [0.05, 0.1) is 24.4 Å². The summed E-state index contributed by atoms with van der Waals surface area (Å²) in [6.45, 7) is 0.461. The van der Waals surface area contributed by atoms with Crippen LogP contribution in [0.4, 0.5) is 5.69 Å². The zero-order valence-corrected chi connectivity index (χ0v) is 13.9. The third kappa shape index (κ3) is 2.70. The van der Waals surface area contributed by atoms with Crippen molar-refractivity contribution < 1.29 is 4.74 Å². The molecule has 0 saturated heterocycles. The number of aromatic nitrogens is 1. The van der Waals surface area contributed by atoms with Crippen molar-refractivity contribution in [1.29, 1.82) is 0 Å². The van der Waals surface area contributed by atoms with E-state index in [0.29, 0.717) is 27.5 Å². The molecule has 0 fully saturated rings. The predicted octanol–water partition coefficient (Wildman–Crippen LogP) is 4.69. The molecule has 0 radical (unpaired) electrons. The molecule has 1 aromatic heterocycles. The molecule has 7 heteroatoms. The Balaban J connectivity index is 2.02. The zero-order valence-electron chi connectivity index (χ0n) is 11.6. The average Bonchev–Trinajstić information content (AvgIpc) is 2.54. The minimum absolute atomic E-state index is 0.381. The van der Waals surface area contributed by atoms with Crippen LogP contribution in [0, 0.1) is 0 Å². The summed E-state index contributed by atoms with van der Waals surface area (Å²) in [7, 11) is 1.59. The van der Waals surface area contributed by atoms with Gasteiger partial charge in [-0.2, -0.15) is 0 Å². The lowest BCUT2D eigenvalue weighted by Crippen LogP contribution is -2.30. The molecule has 1 N–H and O–H groups in total. The van der Waals surface area contributed by atoms with Gasteiger partial charge in [0, 0.05) is 28.5 Å². The van der Waals surface area contributed by atoms with Crippen LogP contribution in [-0.4, -0.2) is 17.1 Å². The molecule has 0 saturated carbocycles. The molecule has 0 aliphatic carbocycles. The number of halogens is 3. The summed E-state index contributed by atoms with van der Waals surface area (Å²) in [5.41, 5.74) is 5.62. The number of hydrogen-bond acceptors (Lipinski definition) is 4. The van der Waals surface area contributed by atoms with Gasteiger partial charge in [0.25, 0.3) is 0 Å². The van der Waals surface area contributed by atoms with Crippen LogP contribution in [0.1, 0.15) is 11.1 Å². The molecule has 0 atom stereocenters. The van der Waals surface area contributed by atoms with Crippen LogP contribution < -0.4 is 10.2 Å². The van der Waals surface area contributed by atoms with Gasteiger partial charge in [-0.1, -0.05) is 34.8 Å². The molecule has 22 heavy (non-hydrogen) atoms. The average molecular weight is 357 g/mol. The molecule has 2 aromatic rings. The molecule has 2 heterocycles. The first-order chi connectivity index (χ1) is 10.6. The predicted molar refractivity (Wildman–Crippen MR) is 90.0 cm³/mol. The van der Waals surface area contributed by atoms with E-state index < -0.39 is 0 Å². The fraction of sp³-hybridized carbons (Fsp3) is 0.133. The number of hydrogen-bond donors (Lipinski definition) is 1. The van der Waals surface area contributed by atoms with E-state index in [2.05, 4.69) is 10.4 Å². The Morgan fingerprint density at radius 1 is 1.14 bits per heavy atom. The quantitative estimate of drug-likeness (QED) is 0.810. The van der Waals surface area contributed by atoms with Crippen molar-refractivity contribution >= 4 is 45.5 Å². The third-order valence-electron chi connectivity index (χ3n) is 3.34. The van der Waals surface area contributed by atoms with E-state index in [-0.39, 0.29) is 0 Å². The maximum Gasteiger partial charge on any atom is 0.143 e. The monoisotopic (exact) mass is 355 g/mol. The number of nitrogens with zero attached hydrogens (tertiary/aromatic N) is 2. The molecular weight excluding hydrogens is 345 g/mol. The fourth-order valence-electron chi connectivity index (χ4n) is 2.29. The Morgan fingerprint density at radius 2 is 1.86 bits per heavy atom. The lowest BCUT2D eigenvalue weighted by molar-refractivity contribution is 0.401. The van der Waals surface area contributed by atoms with Gasteiger partial charge in [-0.3, -0.25) is 15.4 Å². The number of anilines is 1. The Labute approximate surface area is 143 Å². The van der Waals surface area contributed by atoms with Crippen molar-refractivity contribution in [1.82, 2.24) is 9.99 Å². The second-order valence-electron chi connectivity index (χ2n) is 4.64. The van der Waals surface area contributed by atoms with Crippen LogP contribution in [0.2, 0.25) is 5.02 Å². The summed E-state index contributed by atoms with van der Waals surface area (Å²) in [5, 5.41) is 3.11. The van der Waals surface area contributed by atoms with Crippen LogP contribution in [0.3, 0.4) is 0 Å². The van der Waals surface area contributed by atoms with Gasteiger partial charge in [0.1, 0.15) is 10.9 Å². The SMILES string of the molecule is COc1ccc(Cl)c2c1C(Cl)=C(Cl)N(Nc1ccncc1)C2. The number of fused-ring (bicyclic) bond motifs is 1. The van der Waals surface area contributed by atoms with Crippen LogP contribution in [0.5, 0.6) is 5.75 Å². The van der Waals surface area contributed by atoms with E-state index in [0.717, 1.165) is 16.8 Å². The number of hydrazine groups is 1. The first kappa shape index (κ1) is 15.3. The van der Waals surface area contributed by atoms with Gasteiger partial charge >= 0.3 is 0 Å². The molecule has 3 rings (SSSR count). The number of methoxy groups -OCH3 is 1. The van der Waals surface area contributed by atoms with Crippen LogP contribution >= 0.6 is 34.8 Å². The van der Waals surface area contributed by atoms with E-state index in [4.69, 9.17) is 39.5 Å². The summed E-state index contributed by atoms with van der Waals surface area (Å²) in [5.74, 6) is 0.645. The minimum atomic E-state index is 0.381. The number of pyridine rings is 1. The van der Waals surface area contributed by atoms with Gasteiger partial charge in [0.15, 0.2) is 0 Å². The highest BCUT2D eigenvalue weighted by Crippen LogP contribution is 2.43. The highest BCUT2D eigenvalue weighted by Gasteiger charge is 2.27. The van der Waals surface area contributed by atoms with Crippen molar-refractivity contribution in [3.63, 3.8) is 0 Å². The van der Waals surface area contributed by atoms with Crippen molar-refractivity contribution in [2.45, 2.75) is 6.54 Å². The summed E-state index contributed by atoms with van der Waals surface area (Å²) < 4.78 is 5.36. The number of rotatable bonds is 3. The molecular formula is C15H12Cl3N3O. The minimum Gasteiger partial charge on any atom is -0.496 e. The fourth-order valence-corrected chi connectivity index (χ4v) is 3.01. The van der Waals surface area contributed by atoms with Crippen LogP contribution in [-0.2, 0) is 6.54 Å². The van der Waals surface area contributed by atoms with E-state index in [1.165, 1.54) is 0 Å². The normalized spacial score (nSPS) is 13.9. The Bertz CT molecular complexity index is 734. The second-order valence-corrected chi connectivity index (χ2v) is 5.79. The van der Waals surface area contributed by atoms with Crippen molar-refractivity contribution in [2.24, 2.45) is 0 Å². The Morgan fingerprint density at radius 3 is 2.55 bits per heavy atom. The zero-order chi connectivity index (χ0) is 15.7. The highest BCUT2D eigenvalue weighted by molar-refractivity contribution is 6.55. The van der Waals surface area contributed by atoms with Gasteiger partial charge in [-0.05, 0) is 24.3 Å². The Kier molecular flexibility index (Phi) is 4.34. The molecule has 0 amide bonds. The van der Waals surface area contributed by atoms with Crippen LogP contribution in [0.15, 0.2) is 41.8 Å². The van der Waals surface area contributed by atoms with Crippen LogP contribution in [0.25, 0.3) is 5.03 Å². The molecule has 1 aliphatic heterocycles. The summed E-state index contributed by atoms with van der Waals surface area (Å²) >= 11 is 19.1. The number of nitrogens with one attached hydrogen (secondary N) is 1. The summed E-state index contributed by atoms with van der Waals surface area (Å²) in [6.07, 6.45) is 3.38. The van der Waals surface area contributed by atoms with Crippen molar-refractivity contribution in [2.75, 3.05) is 12.5 Å². The van der Waals surface area contributed by atoms with Crippen molar-refractivity contribution in [3.8, 4) is 5.75 Å². The summed E-state index contributed by atoms with van der Waals surface area (Å²) in [4.78, 5) is 3.98. The molecule has 1 aromatic carbocycles. The maximum absolute atomic E-state index is 6.43. The molecule has 0 bridgehead atoms. The van der Waals surface area contributed by atoms with E-state index in [1.807, 2.05) is 12.1 Å². The van der Waals surface area contributed by atoms with E-state index in [9.17, 15) is 0 Å². The molecule has 4 nitrogen and oxygen atoms in total. The van der Waals surface area contributed by atoms with E-state index >= 15 is 0 Å². The number of benzene rings is 1. The lowest BCUT2D eigenvalue weighted by Gasteiger charge is -2.32. The smallest absolute Gasteiger partial charge is 0.143 e. The van der Waals surface area contributed by atoms with E-state index in [1.54, 1.807) is 36.6 Å². The summed E-state index contributed by atoms with van der Waals surface area (Å²) in [6, 6.07) is 7.23. The Hall–Kier alpha value is -1.62. The second kappa shape index (κ2) is 6.24. The van der Waals surface area contributed by atoms with Gasteiger partial charge in [0.2, 0.25) is 0 Å². The molecule has 1 aliphatic rings. The first-order valence-corrected chi connectivity index (χ1v) is 7.60. The maximum atomic E-state index is 6.43. The number of ether oxygens (including phenoxy) is 1. The van der Waals surface area contributed by atoms with Gasteiger partial charge in [-0.15, -0.1) is 0 Å².